The van der Waals surface area contributed by atoms with Crippen LogP contribution in [0.1, 0.15) is 31.9 Å². The van der Waals surface area contributed by atoms with E-state index in [0.29, 0.717) is 25.7 Å². The van der Waals surface area contributed by atoms with Crippen molar-refractivity contribution < 1.29 is 27.1 Å². The van der Waals surface area contributed by atoms with Crippen molar-refractivity contribution in [1.29, 1.82) is 0 Å². The molecular weight excluding hydrogens is 352 g/mol. The standard InChI is InChI=1S/C18H24F4N2O2/c1-17(2,3)26-16(25)24-6-5-23(4)11-15(24)9-12-7-13(18(20,21)22)10-14(19)8-12/h7-8,10,15H,5-6,9,11H2,1-4H3. The molecule has 146 valence electrons. The third kappa shape index (κ3) is 5.59. The normalized spacial score (nSPS) is 19.5. The highest BCUT2D eigenvalue weighted by Gasteiger charge is 2.34. The smallest absolute Gasteiger partial charge is 0.416 e. The topological polar surface area (TPSA) is 32.8 Å². The molecule has 1 atom stereocenters. The van der Waals surface area contributed by atoms with Gasteiger partial charge in [0.2, 0.25) is 0 Å². The molecule has 1 aliphatic rings. The van der Waals surface area contributed by atoms with Crippen molar-refractivity contribution in [2.75, 3.05) is 26.7 Å². The van der Waals surface area contributed by atoms with E-state index in [9.17, 15) is 22.4 Å². The van der Waals surface area contributed by atoms with Crippen molar-refractivity contribution in [3.8, 4) is 0 Å². The summed E-state index contributed by atoms with van der Waals surface area (Å²) < 4.78 is 57.8. The van der Waals surface area contributed by atoms with Gasteiger partial charge in [-0.1, -0.05) is 0 Å². The minimum atomic E-state index is -4.62. The molecular formula is C18H24F4N2O2. The van der Waals surface area contributed by atoms with E-state index in [1.807, 2.05) is 11.9 Å². The van der Waals surface area contributed by atoms with Crippen LogP contribution in [0, 0.1) is 5.82 Å². The first-order valence-electron chi connectivity index (χ1n) is 8.40. The van der Waals surface area contributed by atoms with Crippen LogP contribution in [0.5, 0.6) is 0 Å². The predicted octanol–water partition coefficient (Wildman–Crippen LogP) is 3.94. The molecule has 1 aromatic rings. The average molecular weight is 376 g/mol. The summed E-state index contributed by atoms with van der Waals surface area (Å²) in [4.78, 5) is 15.9. The van der Waals surface area contributed by atoms with Gasteiger partial charge in [0.25, 0.3) is 0 Å². The first-order chi connectivity index (χ1) is 11.8. The third-order valence-electron chi connectivity index (χ3n) is 4.07. The molecule has 0 aromatic heterocycles. The second-order valence-electron chi connectivity index (χ2n) is 7.64. The second-order valence-corrected chi connectivity index (χ2v) is 7.64. The van der Waals surface area contributed by atoms with Crippen LogP contribution >= 0.6 is 0 Å². The summed E-state index contributed by atoms with van der Waals surface area (Å²) in [7, 11) is 1.87. The zero-order valence-corrected chi connectivity index (χ0v) is 15.4. The summed E-state index contributed by atoms with van der Waals surface area (Å²) in [5.41, 5.74) is -1.50. The Bertz CT molecular complexity index is 656. The van der Waals surface area contributed by atoms with E-state index in [0.717, 1.165) is 12.1 Å². The molecule has 1 amide bonds. The molecule has 0 spiro atoms. The summed E-state index contributed by atoms with van der Waals surface area (Å²) in [5.74, 6) is -0.942. The van der Waals surface area contributed by atoms with Gasteiger partial charge in [-0.15, -0.1) is 0 Å². The Morgan fingerprint density at radius 1 is 1.19 bits per heavy atom. The summed E-state index contributed by atoms with van der Waals surface area (Å²) in [6, 6.07) is 2.09. The number of hydrogen-bond donors (Lipinski definition) is 0. The van der Waals surface area contributed by atoms with Gasteiger partial charge in [-0.3, -0.25) is 0 Å². The van der Waals surface area contributed by atoms with Gasteiger partial charge in [-0.25, -0.2) is 9.18 Å². The van der Waals surface area contributed by atoms with Crippen LogP contribution < -0.4 is 0 Å². The predicted molar refractivity (Wildman–Crippen MR) is 89.3 cm³/mol. The minimum absolute atomic E-state index is 0.115. The number of likely N-dealkylation sites (N-methyl/N-ethyl adjacent to an activating group) is 1. The van der Waals surface area contributed by atoms with E-state index in [2.05, 4.69) is 0 Å². The van der Waals surface area contributed by atoms with Gasteiger partial charge in [0.05, 0.1) is 11.6 Å². The van der Waals surface area contributed by atoms with Crippen molar-refractivity contribution in [2.24, 2.45) is 0 Å². The highest BCUT2D eigenvalue weighted by molar-refractivity contribution is 5.68. The maximum Gasteiger partial charge on any atom is 0.416 e. The van der Waals surface area contributed by atoms with Gasteiger partial charge in [0.15, 0.2) is 0 Å². The highest BCUT2D eigenvalue weighted by Crippen LogP contribution is 2.31. The van der Waals surface area contributed by atoms with Gasteiger partial charge in [0.1, 0.15) is 11.4 Å². The minimum Gasteiger partial charge on any atom is -0.444 e. The lowest BCUT2D eigenvalue weighted by Gasteiger charge is -2.40. The van der Waals surface area contributed by atoms with Crippen LogP contribution in [0.2, 0.25) is 0 Å². The lowest BCUT2D eigenvalue weighted by Crippen LogP contribution is -2.55. The van der Waals surface area contributed by atoms with E-state index < -0.39 is 35.3 Å². The SMILES string of the molecule is CN1CCN(C(=O)OC(C)(C)C)C(Cc2cc(F)cc(C(F)(F)F)c2)C1. The van der Waals surface area contributed by atoms with Gasteiger partial charge < -0.3 is 14.5 Å². The van der Waals surface area contributed by atoms with Crippen LogP contribution in [0.25, 0.3) is 0 Å². The van der Waals surface area contributed by atoms with Gasteiger partial charge in [0, 0.05) is 19.6 Å². The summed E-state index contributed by atoms with van der Waals surface area (Å²) in [5, 5.41) is 0. The Morgan fingerprint density at radius 3 is 2.42 bits per heavy atom. The van der Waals surface area contributed by atoms with E-state index in [4.69, 9.17) is 4.74 Å². The number of piperazine rings is 1. The molecule has 1 aromatic carbocycles. The molecule has 1 aliphatic heterocycles. The molecule has 0 N–H and O–H groups in total. The number of carbonyl (C=O) groups excluding carboxylic acids is 1. The fourth-order valence-electron chi connectivity index (χ4n) is 2.95. The van der Waals surface area contributed by atoms with E-state index in [1.54, 1.807) is 20.8 Å². The summed E-state index contributed by atoms with van der Waals surface area (Å²) >= 11 is 0. The first-order valence-corrected chi connectivity index (χ1v) is 8.40. The first kappa shape index (κ1) is 20.5. The molecule has 0 radical (unpaired) electrons. The van der Waals surface area contributed by atoms with Gasteiger partial charge in [-0.05, 0) is 58.0 Å². The number of carbonyl (C=O) groups is 1. The van der Waals surface area contributed by atoms with Crippen molar-refractivity contribution in [1.82, 2.24) is 9.80 Å². The number of ether oxygens (including phenoxy) is 1. The number of benzene rings is 1. The molecule has 0 saturated carbocycles. The van der Waals surface area contributed by atoms with Crippen molar-refractivity contribution in [2.45, 2.75) is 45.0 Å². The summed E-state index contributed by atoms with van der Waals surface area (Å²) in [6.45, 7) is 6.75. The van der Waals surface area contributed by atoms with Crippen molar-refractivity contribution in [3.63, 3.8) is 0 Å². The van der Waals surface area contributed by atoms with Crippen LogP contribution in [-0.2, 0) is 17.3 Å². The Morgan fingerprint density at radius 2 is 1.85 bits per heavy atom. The maximum absolute atomic E-state index is 13.7. The zero-order valence-electron chi connectivity index (χ0n) is 15.4. The van der Waals surface area contributed by atoms with Gasteiger partial charge >= 0.3 is 12.3 Å². The highest BCUT2D eigenvalue weighted by atomic mass is 19.4. The fourth-order valence-corrected chi connectivity index (χ4v) is 2.95. The Kier molecular flexibility index (Phi) is 5.85. The molecule has 0 bridgehead atoms. The number of nitrogens with zero attached hydrogens (tertiary/aromatic N) is 2. The molecule has 4 nitrogen and oxygen atoms in total. The van der Waals surface area contributed by atoms with Gasteiger partial charge in [-0.2, -0.15) is 13.2 Å². The van der Waals surface area contributed by atoms with Crippen LogP contribution in [-0.4, -0.2) is 54.2 Å². The largest absolute Gasteiger partial charge is 0.444 e. The molecule has 1 fully saturated rings. The van der Waals surface area contributed by atoms with E-state index in [-0.39, 0.29) is 12.0 Å². The Hall–Kier alpha value is -1.83. The van der Waals surface area contributed by atoms with Crippen LogP contribution in [0.15, 0.2) is 18.2 Å². The molecule has 0 aliphatic carbocycles. The number of alkyl halides is 3. The van der Waals surface area contributed by atoms with Crippen LogP contribution in [0.4, 0.5) is 22.4 Å². The molecule has 2 rings (SSSR count). The van der Waals surface area contributed by atoms with Crippen molar-refractivity contribution in [3.05, 3.63) is 35.1 Å². The molecule has 1 saturated heterocycles. The number of hydrogen-bond acceptors (Lipinski definition) is 3. The lowest BCUT2D eigenvalue weighted by molar-refractivity contribution is -0.137. The van der Waals surface area contributed by atoms with E-state index >= 15 is 0 Å². The fraction of sp³-hybridized carbons (Fsp3) is 0.611. The average Bonchev–Trinajstić information content (AvgIpc) is 2.43. The van der Waals surface area contributed by atoms with Crippen LogP contribution in [0.3, 0.4) is 0 Å². The monoisotopic (exact) mass is 376 g/mol. The quantitative estimate of drug-likeness (QED) is 0.733. The number of rotatable bonds is 2. The van der Waals surface area contributed by atoms with Crippen molar-refractivity contribution >= 4 is 6.09 Å². The molecule has 1 heterocycles. The third-order valence-corrected chi connectivity index (χ3v) is 4.07. The van der Waals surface area contributed by atoms with E-state index in [1.165, 1.54) is 4.90 Å². The lowest BCUT2D eigenvalue weighted by atomic mass is 10.00. The summed E-state index contributed by atoms with van der Waals surface area (Å²) in [6.07, 6.45) is -5.02. The zero-order chi connectivity index (χ0) is 19.7. The Balaban J connectivity index is 2.23. The second kappa shape index (κ2) is 7.42. The maximum atomic E-state index is 13.7. The number of amides is 1. The number of halogens is 4. The molecule has 26 heavy (non-hydrogen) atoms. The Labute approximate surface area is 150 Å². The molecule has 1 unspecified atom stereocenters. The molecule has 8 heteroatoms.